The maximum atomic E-state index is 11.1. The summed E-state index contributed by atoms with van der Waals surface area (Å²) in [5.41, 5.74) is -0.401. The molecule has 0 aliphatic heterocycles. The van der Waals surface area contributed by atoms with Crippen LogP contribution in [0.3, 0.4) is 0 Å². The Morgan fingerprint density at radius 3 is 2.54 bits per heavy atom. The van der Waals surface area contributed by atoms with Crippen molar-refractivity contribution in [3.05, 3.63) is 0 Å². The summed E-state index contributed by atoms with van der Waals surface area (Å²) >= 11 is 3.47. The first-order valence-electron chi connectivity index (χ1n) is 4.49. The highest BCUT2D eigenvalue weighted by Gasteiger charge is 2.34. The zero-order chi connectivity index (χ0) is 10.1. The predicted molar refractivity (Wildman–Crippen MR) is 55.1 cm³/mol. The minimum absolute atomic E-state index is 0.320. The molecule has 3 nitrogen and oxygen atoms in total. The van der Waals surface area contributed by atoms with E-state index in [1.165, 1.54) is 0 Å². The Kier molecular flexibility index (Phi) is 3.22. The van der Waals surface area contributed by atoms with E-state index in [0.29, 0.717) is 17.3 Å². The average Bonchev–Trinajstić information content (AvgIpc) is 2.58. The van der Waals surface area contributed by atoms with Gasteiger partial charge in [-0.1, -0.05) is 15.9 Å². The normalized spacial score (nSPS) is 26.8. The molecule has 76 valence electrons. The van der Waals surface area contributed by atoms with Crippen LogP contribution in [0.5, 0.6) is 0 Å². The van der Waals surface area contributed by atoms with Crippen LogP contribution in [0.2, 0.25) is 0 Å². The summed E-state index contributed by atoms with van der Waals surface area (Å²) < 4.78 is 5.09. The fourth-order valence-corrected chi connectivity index (χ4v) is 1.62. The van der Waals surface area contributed by atoms with Gasteiger partial charge in [-0.15, -0.1) is 0 Å². The number of carbonyl (C=O) groups is 1. The number of ether oxygens (including phenoxy) is 1. The first-order valence-corrected chi connectivity index (χ1v) is 5.41. The molecule has 0 bridgehead atoms. The lowest BCUT2D eigenvalue weighted by Crippen LogP contribution is -2.33. The highest BCUT2D eigenvalue weighted by Crippen LogP contribution is 2.36. The number of carbonyl (C=O) groups excluding carboxylic acids is 1. The summed E-state index contributed by atoms with van der Waals surface area (Å²) in [5.74, 6) is 0.590. The molecule has 1 saturated carbocycles. The van der Waals surface area contributed by atoms with E-state index in [1.54, 1.807) is 0 Å². The van der Waals surface area contributed by atoms with E-state index in [0.717, 1.165) is 6.42 Å². The van der Waals surface area contributed by atoms with Crippen LogP contribution in [0.25, 0.3) is 0 Å². The third-order valence-corrected chi connectivity index (χ3v) is 2.87. The van der Waals surface area contributed by atoms with Gasteiger partial charge in [0.2, 0.25) is 0 Å². The lowest BCUT2D eigenvalue weighted by atomic mass is 10.2. The summed E-state index contributed by atoms with van der Waals surface area (Å²) in [7, 11) is 0. The first kappa shape index (κ1) is 10.8. The molecule has 1 aliphatic carbocycles. The second kappa shape index (κ2) is 3.86. The van der Waals surface area contributed by atoms with Crippen LogP contribution in [0.4, 0.5) is 4.79 Å². The van der Waals surface area contributed by atoms with Gasteiger partial charge in [0.25, 0.3) is 0 Å². The van der Waals surface area contributed by atoms with Crippen molar-refractivity contribution in [2.45, 2.75) is 37.6 Å². The first-order chi connectivity index (χ1) is 5.88. The largest absolute Gasteiger partial charge is 0.444 e. The SMILES string of the molecule is CC(C)(C)OC(=O)NC[C@H]1C[C@H]1Br. The van der Waals surface area contributed by atoms with E-state index >= 15 is 0 Å². The van der Waals surface area contributed by atoms with Crippen molar-refractivity contribution < 1.29 is 9.53 Å². The van der Waals surface area contributed by atoms with Crippen molar-refractivity contribution in [2.24, 2.45) is 5.92 Å². The second-order valence-electron chi connectivity index (χ2n) is 4.39. The fraction of sp³-hybridized carbons (Fsp3) is 0.889. The smallest absolute Gasteiger partial charge is 0.407 e. The molecule has 0 aromatic heterocycles. The third-order valence-electron chi connectivity index (χ3n) is 1.74. The van der Waals surface area contributed by atoms with Gasteiger partial charge in [0, 0.05) is 11.4 Å². The van der Waals surface area contributed by atoms with E-state index in [4.69, 9.17) is 4.74 Å². The van der Waals surface area contributed by atoms with Crippen LogP contribution in [0.1, 0.15) is 27.2 Å². The molecule has 0 spiro atoms. The highest BCUT2D eigenvalue weighted by molar-refractivity contribution is 9.09. The van der Waals surface area contributed by atoms with Gasteiger partial charge in [0.1, 0.15) is 5.60 Å². The maximum Gasteiger partial charge on any atom is 0.407 e. The van der Waals surface area contributed by atoms with Gasteiger partial charge >= 0.3 is 6.09 Å². The summed E-state index contributed by atoms with van der Waals surface area (Å²) in [6, 6.07) is 0. The molecule has 4 heteroatoms. The maximum absolute atomic E-state index is 11.1. The lowest BCUT2D eigenvalue weighted by Gasteiger charge is -2.19. The van der Waals surface area contributed by atoms with Crippen LogP contribution in [0.15, 0.2) is 0 Å². The minimum atomic E-state index is -0.401. The average molecular weight is 250 g/mol. The van der Waals surface area contributed by atoms with Crippen LogP contribution >= 0.6 is 15.9 Å². The molecule has 0 heterocycles. The molecule has 0 unspecified atom stereocenters. The molecule has 0 radical (unpaired) electrons. The van der Waals surface area contributed by atoms with Gasteiger partial charge < -0.3 is 10.1 Å². The Hall–Kier alpha value is -0.250. The van der Waals surface area contributed by atoms with Gasteiger partial charge in [-0.3, -0.25) is 0 Å². The zero-order valence-corrected chi connectivity index (χ0v) is 9.85. The van der Waals surface area contributed by atoms with Crippen molar-refractivity contribution in [3.63, 3.8) is 0 Å². The zero-order valence-electron chi connectivity index (χ0n) is 8.26. The molecule has 1 fully saturated rings. The van der Waals surface area contributed by atoms with E-state index in [1.807, 2.05) is 20.8 Å². The number of alkyl carbamates (subject to hydrolysis) is 1. The molecule has 0 saturated heterocycles. The van der Waals surface area contributed by atoms with Gasteiger partial charge in [0.05, 0.1) is 0 Å². The van der Waals surface area contributed by atoms with Crippen molar-refractivity contribution in [2.75, 3.05) is 6.54 Å². The summed E-state index contributed by atoms with van der Waals surface area (Å²) in [6.07, 6.45) is 0.828. The quantitative estimate of drug-likeness (QED) is 0.763. The number of hydrogen-bond acceptors (Lipinski definition) is 2. The Morgan fingerprint density at radius 1 is 1.62 bits per heavy atom. The van der Waals surface area contributed by atoms with E-state index in [2.05, 4.69) is 21.2 Å². The molecule has 1 aliphatic rings. The number of halogens is 1. The second-order valence-corrected chi connectivity index (χ2v) is 5.57. The number of hydrogen-bond donors (Lipinski definition) is 1. The molecule has 1 N–H and O–H groups in total. The molecular weight excluding hydrogens is 234 g/mol. The molecular formula is C9H16BrNO2. The highest BCUT2D eigenvalue weighted by atomic mass is 79.9. The monoisotopic (exact) mass is 249 g/mol. The number of amides is 1. The lowest BCUT2D eigenvalue weighted by molar-refractivity contribution is 0.0525. The van der Waals surface area contributed by atoms with Crippen molar-refractivity contribution in [3.8, 4) is 0 Å². The molecule has 0 aromatic carbocycles. The van der Waals surface area contributed by atoms with Crippen molar-refractivity contribution in [1.82, 2.24) is 5.32 Å². The number of nitrogens with one attached hydrogen (secondary N) is 1. The Labute approximate surface area is 87.3 Å². The van der Waals surface area contributed by atoms with E-state index < -0.39 is 5.60 Å². The van der Waals surface area contributed by atoms with E-state index in [9.17, 15) is 4.79 Å². The Bertz CT molecular complexity index is 200. The van der Waals surface area contributed by atoms with Gasteiger partial charge in [-0.25, -0.2) is 4.79 Å². The van der Waals surface area contributed by atoms with Crippen LogP contribution < -0.4 is 5.32 Å². The van der Waals surface area contributed by atoms with Crippen LogP contribution in [-0.2, 0) is 4.74 Å². The molecule has 1 amide bonds. The van der Waals surface area contributed by atoms with Crippen LogP contribution in [0, 0.1) is 5.92 Å². The molecule has 13 heavy (non-hydrogen) atoms. The molecule has 1 rings (SSSR count). The standard InChI is InChI=1S/C9H16BrNO2/c1-9(2,3)13-8(12)11-5-6-4-7(6)10/h6-7H,4-5H2,1-3H3,(H,11,12)/t6-,7-/m1/s1. The Morgan fingerprint density at radius 2 is 2.15 bits per heavy atom. The van der Waals surface area contributed by atoms with Gasteiger partial charge in [0.15, 0.2) is 0 Å². The molecule has 0 aromatic rings. The predicted octanol–water partition coefficient (Wildman–Crippen LogP) is 2.29. The minimum Gasteiger partial charge on any atom is -0.444 e. The van der Waals surface area contributed by atoms with Gasteiger partial charge in [-0.05, 0) is 33.1 Å². The Balaban J connectivity index is 2.11. The number of alkyl halides is 1. The summed E-state index contributed by atoms with van der Waals surface area (Å²) in [4.78, 5) is 11.7. The van der Waals surface area contributed by atoms with Crippen molar-refractivity contribution in [1.29, 1.82) is 0 Å². The summed E-state index contributed by atoms with van der Waals surface area (Å²) in [5, 5.41) is 2.74. The van der Waals surface area contributed by atoms with Gasteiger partial charge in [-0.2, -0.15) is 0 Å². The topological polar surface area (TPSA) is 38.3 Å². The number of rotatable bonds is 2. The van der Waals surface area contributed by atoms with Crippen LogP contribution in [-0.4, -0.2) is 23.1 Å². The van der Waals surface area contributed by atoms with Crippen molar-refractivity contribution >= 4 is 22.0 Å². The molecule has 2 atom stereocenters. The summed E-state index contributed by atoms with van der Waals surface area (Å²) in [6.45, 7) is 6.29. The van der Waals surface area contributed by atoms with E-state index in [-0.39, 0.29) is 6.09 Å². The third kappa shape index (κ3) is 4.50. The fourth-order valence-electron chi connectivity index (χ4n) is 0.950.